The molecule has 0 amide bonds. The van der Waals surface area contributed by atoms with Crippen LogP contribution in [0.15, 0.2) is 42.5 Å². The molecule has 0 fully saturated rings. The first-order valence-corrected chi connectivity index (χ1v) is 7.43. The molecule has 0 spiro atoms. The van der Waals surface area contributed by atoms with Gasteiger partial charge in [-0.1, -0.05) is 29.8 Å². The van der Waals surface area contributed by atoms with Gasteiger partial charge in [0, 0.05) is 18.1 Å². The van der Waals surface area contributed by atoms with E-state index in [-0.39, 0.29) is 5.75 Å². The van der Waals surface area contributed by atoms with E-state index in [2.05, 4.69) is 0 Å². The Morgan fingerprint density at radius 2 is 2.05 bits per heavy atom. The Bertz CT molecular complexity index is 717. The highest BCUT2D eigenvalue weighted by Crippen LogP contribution is 2.28. The number of phenols is 1. The van der Waals surface area contributed by atoms with E-state index < -0.39 is 12.0 Å². The van der Waals surface area contributed by atoms with Gasteiger partial charge in [0.25, 0.3) is 0 Å². The maximum Gasteiger partial charge on any atom is 0.321 e. The Morgan fingerprint density at radius 3 is 2.77 bits per heavy atom. The summed E-state index contributed by atoms with van der Waals surface area (Å²) in [4.78, 5) is 13.5. The van der Waals surface area contributed by atoms with E-state index in [0.717, 1.165) is 16.7 Å². The number of nitrogens with zero attached hydrogens (tertiary/aromatic N) is 1. The molecule has 1 aliphatic rings. The van der Waals surface area contributed by atoms with Gasteiger partial charge in [-0.25, -0.2) is 0 Å². The van der Waals surface area contributed by atoms with Crippen molar-refractivity contribution in [1.82, 2.24) is 4.90 Å². The standard InChI is InChI=1S/C17H16ClNO3/c18-14-3-1-2-11(6-14)9-19-10-13-7-15(20)5-4-12(13)8-16(19)17(21)22/h1-7,16,20H,8-10H2,(H,21,22). The van der Waals surface area contributed by atoms with Gasteiger partial charge >= 0.3 is 5.97 Å². The number of hydrogen-bond acceptors (Lipinski definition) is 3. The van der Waals surface area contributed by atoms with Gasteiger partial charge in [-0.05, 0) is 47.4 Å². The van der Waals surface area contributed by atoms with Crippen LogP contribution in [-0.4, -0.2) is 27.1 Å². The first-order chi connectivity index (χ1) is 10.5. The van der Waals surface area contributed by atoms with Crippen molar-refractivity contribution >= 4 is 17.6 Å². The molecule has 3 rings (SSSR count). The zero-order valence-corrected chi connectivity index (χ0v) is 12.6. The Kier molecular flexibility index (Phi) is 4.05. The third kappa shape index (κ3) is 3.08. The summed E-state index contributed by atoms with van der Waals surface area (Å²) in [7, 11) is 0. The zero-order valence-electron chi connectivity index (χ0n) is 11.9. The molecule has 1 atom stereocenters. The van der Waals surface area contributed by atoms with Crippen molar-refractivity contribution < 1.29 is 15.0 Å². The number of halogens is 1. The Hall–Kier alpha value is -2.04. The summed E-state index contributed by atoms with van der Waals surface area (Å²) in [6, 6.07) is 12.0. The molecule has 0 saturated heterocycles. The Labute approximate surface area is 133 Å². The second-order valence-corrected chi connectivity index (χ2v) is 5.98. The maximum absolute atomic E-state index is 11.6. The lowest BCUT2D eigenvalue weighted by molar-refractivity contribution is -0.144. The normalized spacial score (nSPS) is 18.0. The number of aromatic hydroxyl groups is 1. The van der Waals surface area contributed by atoms with Crippen LogP contribution in [0.1, 0.15) is 16.7 Å². The summed E-state index contributed by atoms with van der Waals surface area (Å²) in [6.45, 7) is 1.000. The molecule has 22 heavy (non-hydrogen) atoms. The van der Waals surface area contributed by atoms with E-state index in [0.29, 0.717) is 24.5 Å². The molecule has 114 valence electrons. The smallest absolute Gasteiger partial charge is 0.321 e. The largest absolute Gasteiger partial charge is 0.508 e. The molecule has 1 unspecified atom stereocenters. The number of phenolic OH excluding ortho intramolecular Hbond substituents is 1. The average molecular weight is 318 g/mol. The van der Waals surface area contributed by atoms with Gasteiger partial charge < -0.3 is 10.2 Å². The quantitative estimate of drug-likeness (QED) is 0.913. The molecule has 1 heterocycles. The lowest BCUT2D eigenvalue weighted by Gasteiger charge is -2.34. The van der Waals surface area contributed by atoms with Crippen molar-refractivity contribution in [3.63, 3.8) is 0 Å². The van der Waals surface area contributed by atoms with Crippen LogP contribution in [0.25, 0.3) is 0 Å². The van der Waals surface area contributed by atoms with E-state index >= 15 is 0 Å². The summed E-state index contributed by atoms with van der Waals surface area (Å²) >= 11 is 6.00. The van der Waals surface area contributed by atoms with Crippen LogP contribution in [0.3, 0.4) is 0 Å². The Morgan fingerprint density at radius 1 is 1.23 bits per heavy atom. The van der Waals surface area contributed by atoms with Gasteiger partial charge in [-0.2, -0.15) is 0 Å². The molecule has 2 N–H and O–H groups in total. The average Bonchev–Trinajstić information content (AvgIpc) is 2.46. The highest BCUT2D eigenvalue weighted by atomic mass is 35.5. The number of rotatable bonds is 3. The minimum atomic E-state index is -0.833. The molecule has 0 aromatic heterocycles. The van der Waals surface area contributed by atoms with Crippen LogP contribution in [0.4, 0.5) is 0 Å². The SMILES string of the molecule is O=C(O)C1Cc2ccc(O)cc2CN1Cc1cccc(Cl)c1. The number of carboxylic acids is 1. The molecule has 0 radical (unpaired) electrons. The van der Waals surface area contributed by atoms with Crippen molar-refractivity contribution in [3.05, 3.63) is 64.2 Å². The van der Waals surface area contributed by atoms with Crippen molar-refractivity contribution in [2.75, 3.05) is 0 Å². The third-order valence-corrected chi connectivity index (χ3v) is 4.21. The number of hydrogen-bond donors (Lipinski definition) is 2. The predicted octanol–water partition coefficient (Wildman–Crippen LogP) is 3.06. The molecule has 0 aliphatic carbocycles. The van der Waals surface area contributed by atoms with Crippen molar-refractivity contribution in [3.8, 4) is 5.75 Å². The van der Waals surface area contributed by atoms with Gasteiger partial charge in [0.2, 0.25) is 0 Å². The second kappa shape index (κ2) is 5.99. The topological polar surface area (TPSA) is 60.8 Å². The molecule has 0 saturated carbocycles. The van der Waals surface area contributed by atoms with E-state index in [9.17, 15) is 15.0 Å². The summed E-state index contributed by atoms with van der Waals surface area (Å²) in [5.74, 6) is -0.629. The first kappa shape index (κ1) is 14.9. The summed E-state index contributed by atoms with van der Waals surface area (Å²) < 4.78 is 0. The lowest BCUT2D eigenvalue weighted by Crippen LogP contribution is -2.45. The van der Waals surface area contributed by atoms with E-state index in [1.807, 2.05) is 23.1 Å². The molecule has 1 aliphatic heterocycles. The molecule has 4 nitrogen and oxygen atoms in total. The molecular formula is C17H16ClNO3. The number of carboxylic acid groups (broad SMARTS) is 1. The van der Waals surface area contributed by atoms with Crippen molar-refractivity contribution in [1.29, 1.82) is 0 Å². The fraction of sp³-hybridized carbons (Fsp3) is 0.235. The van der Waals surface area contributed by atoms with Gasteiger partial charge in [-0.3, -0.25) is 9.69 Å². The molecular weight excluding hydrogens is 302 g/mol. The third-order valence-electron chi connectivity index (χ3n) is 3.98. The second-order valence-electron chi connectivity index (χ2n) is 5.55. The van der Waals surface area contributed by atoms with Crippen molar-refractivity contribution in [2.24, 2.45) is 0 Å². The van der Waals surface area contributed by atoms with E-state index in [1.54, 1.807) is 24.3 Å². The lowest BCUT2D eigenvalue weighted by atomic mass is 9.93. The van der Waals surface area contributed by atoms with Gasteiger partial charge in [0.05, 0.1) is 0 Å². The fourth-order valence-electron chi connectivity index (χ4n) is 2.90. The summed E-state index contributed by atoms with van der Waals surface area (Å²) in [6.07, 6.45) is 0.436. The van der Waals surface area contributed by atoms with Crippen LogP contribution >= 0.6 is 11.6 Å². The Balaban J connectivity index is 1.89. The summed E-state index contributed by atoms with van der Waals surface area (Å²) in [5, 5.41) is 19.8. The molecule has 0 bridgehead atoms. The molecule has 2 aromatic rings. The summed E-state index contributed by atoms with van der Waals surface area (Å²) in [5.41, 5.74) is 2.93. The molecule has 5 heteroatoms. The van der Waals surface area contributed by atoms with Gasteiger partial charge in [0.1, 0.15) is 11.8 Å². The molecule has 2 aromatic carbocycles. The first-order valence-electron chi connectivity index (χ1n) is 7.05. The van der Waals surface area contributed by atoms with Crippen LogP contribution in [0.2, 0.25) is 5.02 Å². The van der Waals surface area contributed by atoms with Crippen molar-refractivity contribution in [2.45, 2.75) is 25.6 Å². The van der Waals surface area contributed by atoms with Crippen LogP contribution in [0.5, 0.6) is 5.75 Å². The maximum atomic E-state index is 11.6. The minimum absolute atomic E-state index is 0.204. The van der Waals surface area contributed by atoms with Gasteiger partial charge in [-0.15, -0.1) is 0 Å². The van der Waals surface area contributed by atoms with Gasteiger partial charge in [0.15, 0.2) is 0 Å². The number of benzene rings is 2. The monoisotopic (exact) mass is 317 g/mol. The highest BCUT2D eigenvalue weighted by molar-refractivity contribution is 6.30. The van der Waals surface area contributed by atoms with Crippen LogP contribution in [-0.2, 0) is 24.3 Å². The van der Waals surface area contributed by atoms with E-state index in [4.69, 9.17) is 11.6 Å². The van der Waals surface area contributed by atoms with Crippen LogP contribution in [0, 0.1) is 0 Å². The fourth-order valence-corrected chi connectivity index (χ4v) is 3.12. The highest BCUT2D eigenvalue weighted by Gasteiger charge is 2.31. The zero-order chi connectivity index (χ0) is 15.7. The number of carbonyl (C=O) groups is 1. The predicted molar refractivity (Wildman–Crippen MR) is 83.9 cm³/mol. The minimum Gasteiger partial charge on any atom is -0.508 e. The number of aliphatic carboxylic acids is 1. The van der Waals surface area contributed by atoms with E-state index in [1.165, 1.54) is 0 Å². The number of fused-ring (bicyclic) bond motifs is 1. The van der Waals surface area contributed by atoms with Crippen LogP contribution < -0.4 is 0 Å².